The van der Waals surface area contributed by atoms with Gasteiger partial charge in [0.15, 0.2) is 17.4 Å². The maximum absolute atomic E-state index is 8.20. The van der Waals surface area contributed by atoms with E-state index in [9.17, 15) is 0 Å². The average Bonchev–Trinajstić information content (AvgIpc) is 2.35. The van der Waals surface area contributed by atoms with Crippen molar-refractivity contribution in [1.29, 1.82) is 0 Å². The summed E-state index contributed by atoms with van der Waals surface area (Å²) in [6.07, 6.45) is 0. The molecule has 0 aliphatic heterocycles. The van der Waals surface area contributed by atoms with Crippen molar-refractivity contribution in [3.63, 3.8) is 0 Å². The van der Waals surface area contributed by atoms with Crippen LogP contribution in [0.3, 0.4) is 0 Å². The van der Waals surface area contributed by atoms with E-state index in [1.54, 1.807) is 0 Å². The molecule has 0 aliphatic rings. The van der Waals surface area contributed by atoms with Gasteiger partial charge in [-0.1, -0.05) is 0 Å². The van der Waals surface area contributed by atoms with Gasteiger partial charge in [-0.25, -0.2) is 0 Å². The van der Waals surface area contributed by atoms with Crippen LogP contribution in [-0.2, 0) is 0 Å². The molecule has 0 atom stereocenters. The third-order valence-electron chi connectivity index (χ3n) is 3.74. The minimum absolute atomic E-state index is 0. The van der Waals surface area contributed by atoms with Crippen LogP contribution in [0, 0.1) is 0 Å². The SMILES string of the molecule is CN(C)[Si]([NH-])(N(C)C)N(C)C.CN(C)[Si]([NH-])(N(C)C)N(C)C.[Li+].[Li+]. The first-order chi connectivity index (χ1) is 9.66. The molecule has 0 radical (unpaired) electrons. The molecule has 0 saturated carbocycles. The molecule has 0 aromatic carbocycles. The molecule has 0 saturated heterocycles. The Morgan fingerprint density at radius 1 is 0.375 bits per heavy atom. The van der Waals surface area contributed by atoms with E-state index >= 15 is 0 Å². The summed E-state index contributed by atoms with van der Waals surface area (Å²) in [5.74, 6) is 0. The van der Waals surface area contributed by atoms with Gasteiger partial charge in [-0.15, -0.1) is 0 Å². The number of nitrogens with one attached hydrogen (secondary N) is 2. The maximum atomic E-state index is 8.20. The Hall–Kier alpha value is 1.31. The van der Waals surface area contributed by atoms with Crippen LogP contribution in [0.25, 0.3) is 10.8 Å². The molecule has 0 fully saturated rings. The Kier molecular flexibility index (Phi) is 18.5. The second-order valence-electron chi connectivity index (χ2n) is 6.64. The fourth-order valence-electron chi connectivity index (χ4n) is 2.40. The molecule has 24 heavy (non-hydrogen) atoms. The Labute approximate surface area is 177 Å². The molecule has 0 aromatic heterocycles. The van der Waals surface area contributed by atoms with Crippen LogP contribution in [0.2, 0.25) is 0 Å². The summed E-state index contributed by atoms with van der Waals surface area (Å²) in [4.78, 5) is 0. The number of rotatable bonds is 6. The van der Waals surface area contributed by atoms with Crippen molar-refractivity contribution in [3.8, 4) is 0 Å². The zero-order valence-electron chi connectivity index (χ0n) is 18.7. The second kappa shape index (κ2) is 13.5. The predicted molar refractivity (Wildman–Crippen MR) is 102 cm³/mol. The maximum Gasteiger partial charge on any atom is 1.00 e. The van der Waals surface area contributed by atoms with Gasteiger partial charge >= 0.3 is 37.7 Å². The van der Waals surface area contributed by atoms with Crippen molar-refractivity contribution >= 4 is 17.4 Å². The van der Waals surface area contributed by atoms with Gasteiger partial charge in [0, 0.05) is 0 Å². The Morgan fingerprint density at radius 3 is 0.458 bits per heavy atom. The Bertz CT molecular complexity index is 244. The molecule has 0 amide bonds. The number of hydrogen-bond acceptors (Lipinski definition) is 6. The minimum atomic E-state index is -2.23. The van der Waals surface area contributed by atoms with Crippen LogP contribution >= 0.6 is 0 Å². The average molecular weight is 365 g/mol. The van der Waals surface area contributed by atoms with Crippen molar-refractivity contribution < 1.29 is 37.7 Å². The summed E-state index contributed by atoms with van der Waals surface area (Å²) < 4.78 is 12.0. The van der Waals surface area contributed by atoms with E-state index in [0.29, 0.717) is 0 Å². The first kappa shape index (κ1) is 32.9. The van der Waals surface area contributed by atoms with Crippen LogP contribution in [0.1, 0.15) is 0 Å². The smallest absolute Gasteiger partial charge is 0.641 e. The molecular weight excluding hydrogens is 326 g/mol. The summed E-state index contributed by atoms with van der Waals surface area (Å²) in [6, 6.07) is 0. The monoisotopic (exact) mass is 364 g/mol. The normalized spacial score (nSPS) is 12.5. The molecule has 0 aliphatic carbocycles. The van der Waals surface area contributed by atoms with Gasteiger partial charge in [0.05, 0.1) is 0 Å². The van der Waals surface area contributed by atoms with Gasteiger partial charge in [-0.2, -0.15) is 0 Å². The van der Waals surface area contributed by atoms with Crippen molar-refractivity contribution in [3.05, 3.63) is 10.8 Å². The van der Waals surface area contributed by atoms with E-state index in [4.69, 9.17) is 10.8 Å². The van der Waals surface area contributed by atoms with E-state index in [1.807, 2.05) is 112 Å². The third-order valence-corrected chi connectivity index (χ3v) is 11.2. The predicted octanol–water partition coefficient (Wildman–Crippen LogP) is -5.67. The summed E-state index contributed by atoms with van der Waals surface area (Å²) >= 11 is 0. The van der Waals surface area contributed by atoms with Crippen LogP contribution < -0.4 is 37.7 Å². The minimum Gasteiger partial charge on any atom is -0.641 e. The van der Waals surface area contributed by atoms with E-state index < -0.39 is 17.4 Å². The van der Waals surface area contributed by atoms with Crippen LogP contribution in [0.15, 0.2) is 0 Å². The molecule has 12 heteroatoms. The van der Waals surface area contributed by atoms with E-state index in [1.165, 1.54) is 0 Å². The number of hydrogen-bond donors (Lipinski definition) is 0. The fraction of sp³-hybridized carbons (Fsp3) is 1.00. The Balaban J connectivity index is -0.000000154. The first-order valence-corrected chi connectivity index (χ1v) is 10.9. The largest absolute Gasteiger partial charge is 1.00 e. The number of nitrogens with zero attached hydrogens (tertiary/aromatic N) is 6. The molecule has 0 unspecified atom stereocenters. The summed E-state index contributed by atoms with van der Waals surface area (Å²) in [7, 11) is 19.0. The molecule has 136 valence electrons. The quantitative estimate of drug-likeness (QED) is 0.438. The molecule has 0 heterocycles. The summed E-state index contributed by atoms with van der Waals surface area (Å²) in [5.41, 5.74) is 0. The zero-order chi connectivity index (χ0) is 18.5. The molecule has 0 aromatic rings. The van der Waals surface area contributed by atoms with E-state index in [2.05, 4.69) is 0 Å². The molecule has 0 bridgehead atoms. The van der Waals surface area contributed by atoms with Gasteiger partial charge in [0.2, 0.25) is 0 Å². The molecular formula is C12H38Li2N8Si2. The topological polar surface area (TPSA) is 67.0 Å². The van der Waals surface area contributed by atoms with E-state index in [-0.39, 0.29) is 37.7 Å². The van der Waals surface area contributed by atoms with Gasteiger partial charge in [-0.05, 0) is 84.6 Å². The van der Waals surface area contributed by atoms with Gasteiger partial charge in [0.1, 0.15) is 0 Å². The van der Waals surface area contributed by atoms with Crippen LogP contribution in [0.4, 0.5) is 0 Å². The van der Waals surface area contributed by atoms with Gasteiger partial charge in [-0.3, -0.25) is 0 Å². The van der Waals surface area contributed by atoms with Crippen molar-refractivity contribution in [2.24, 2.45) is 0 Å². The van der Waals surface area contributed by atoms with Crippen molar-refractivity contribution in [2.75, 3.05) is 84.6 Å². The van der Waals surface area contributed by atoms with Crippen molar-refractivity contribution in [2.45, 2.75) is 0 Å². The molecule has 8 nitrogen and oxygen atoms in total. The fourth-order valence-corrected chi connectivity index (χ4v) is 7.20. The third kappa shape index (κ3) is 8.33. The summed E-state index contributed by atoms with van der Waals surface area (Å²) in [6.45, 7) is 0. The van der Waals surface area contributed by atoms with E-state index in [0.717, 1.165) is 0 Å². The van der Waals surface area contributed by atoms with Crippen molar-refractivity contribution in [1.82, 2.24) is 27.4 Å². The van der Waals surface area contributed by atoms with Gasteiger partial charge in [0.25, 0.3) is 0 Å². The molecule has 0 rings (SSSR count). The first-order valence-electron chi connectivity index (χ1n) is 7.21. The molecule has 0 spiro atoms. The molecule has 2 N–H and O–H groups in total. The van der Waals surface area contributed by atoms with Crippen LogP contribution in [-0.4, -0.2) is 129 Å². The zero-order valence-corrected chi connectivity index (χ0v) is 20.7. The standard InChI is InChI=1S/2C6H19N4Si.2Li/c2*1-8(2)11(7,9(3)4)10(5)6;;/h2*7H,1-6H3;;/q2*-1;2*+1. The second-order valence-corrected chi connectivity index (χ2v) is 14.5. The van der Waals surface area contributed by atoms with Gasteiger partial charge < -0.3 is 38.2 Å². The Morgan fingerprint density at radius 2 is 0.458 bits per heavy atom. The van der Waals surface area contributed by atoms with Crippen LogP contribution in [0.5, 0.6) is 0 Å². The summed E-state index contributed by atoms with van der Waals surface area (Å²) in [5, 5.41) is 16.4.